The van der Waals surface area contributed by atoms with Gasteiger partial charge in [0.1, 0.15) is 0 Å². The van der Waals surface area contributed by atoms with E-state index in [2.05, 4.69) is 4.98 Å². The zero-order valence-corrected chi connectivity index (χ0v) is 11.5. The second-order valence-electron chi connectivity index (χ2n) is 5.35. The monoisotopic (exact) mass is 287 g/mol. The average molecular weight is 287 g/mol. The van der Waals surface area contributed by atoms with Crippen molar-refractivity contribution in [2.24, 2.45) is 5.73 Å². The number of nitrogens with zero attached hydrogens (tertiary/aromatic N) is 1. The second-order valence-corrected chi connectivity index (χ2v) is 5.35. The molecule has 1 saturated heterocycles. The molecule has 0 saturated carbocycles. The number of fused-ring (bicyclic) bond motifs is 1. The van der Waals surface area contributed by atoms with Crippen LogP contribution in [0.25, 0.3) is 10.9 Å². The fraction of sp³-hybridized carbons (Fsp3) is 0.333. The van der Waals surface area contributed by atoms with Crippen LogP contribution in [0.2, 0.25) is 0 Å². The van der Waals surface area contributed by atoms with Crippen LogP contribution in [0.1, 0.15) is 12.0 Å². The molecule has 4 N–H and O–H groups in total. The highest BCUT2D eigenvalue weighted by Gasteiger charge is 2.39. The Hall–Kier alpha value is -2.34. The van der Waals surface area contributed by atoms with E-state index in [0.717, 1.165) is 21.4 Å². The first-order chi connectivity index (χ1) is 10.1. The molecule has 1 unspecified atom stereocenters. The van der Waals surface area contributed by atoms with Crippen LogP contribution >= 0.6 is 0 Å². The highest BCUT2D eigenvalue weighted by atomic mass is 16.4. The highest BCUT2D eigenvalue weighted by Crippen LogP contribution is 2.22. The lowest BCUT2D eigenvalue weighted by Gasteiger charge is -2.38. The summed E-state index contributed by atoms with van der Waals surface area (Å²) < 4.78 is 0. The van der Waals surface area contributed by atoms with Gasteiger partial charge >= 0.3 is 6.09 Å². The SMILES string of the molecule is N[C@@H](Cc1c[nH]c2ccccc12)C(=O)C1CCN1C(=O)O. The predicted octanol–water partition coefficient (Wildman–Crippen LogP) is 1.36. The molecule has 2 atom stereocenters. The van der Waals surface area contributed by atoms with E-state index in [1.54, 1.807) is 0 Å². The summed E-state index contributed by atoms with van der Waals surface area (Å²) in [6.45, 7) is 0.408. The molecule has 2 aromatic rings. The van der Waals surface area contributed by atoms with Crippen LogP contribution < -0.4 is 5.73 Å². The fourth-order valence-electron chi connectivity index (χ4n) is 2.80. The maximum atomic E-state index is 12.3. The molecular weight excluding hydrogens is 270 g/mol. The van der Waals surface area contributed by atoms with Gasteiger partial charge in [0.05, 0.1) is 12.1 Å². The lowest BCUT2D eigenvalue weighted by Crippen LogP contribution is -2.58. The Balaban J connectivity index is 1.73. The summed E-state index contributed by atoms with van der Waals surface area (Å²) in [5.74, 6) is -0.200. The smallest absolute Gasteiger partial charge is 0.407 e. The lowest BCUT2D eigenvalue weighted by atomic mass is 9.91. The van der Waals surface area contributed by atoms with Crippen molar-refractivity contribution in [1.82, 2.24) is 9.88 Å². The Labute approximate surface area is 121 Å². The molecule has 21 heavy (non-hydrogen) atoms. The van der Waals surface area contributed by atoms with E-state index in [0.29, 0.717) is 19.4 Å². The number of benzene rings is 1. The number of ketones is 1. The highest BCUT2D eigenvalue weighted by molar-refractivity contribution is 5.93. The van der Waals surface area contributed by atoms with Crippen molar-refractivity contribution in [3.05, 3.63) is 36.0 Å². The molecule has 1 aliphatic rings. The van der Waals surface area contributed by atoms with Gasteiger partial charge in [-0.05, 0) is 24.5 Å². The number of amides is 1. The number of H-pyrrole nitrogens is 1. The summed E-state index contributed by atoms with van der Waals surface area (Å²) >= 11 is 0. The van der Waals surface area contributed by atoms with Gasteiger partial charge < -0.3 is 15.8 Å². The number of rotatable bonds is 4. The number of nitrogens with two attached hydrogens (primary N) is 1. The molecule has 0 bridgehead atoms. The normalized spacial score (nSPS) is 19.3. The third-order valence-electron chi connectivity index (χ3n) is 4.07. The number of hydrogen-bond donors (Lipinski definition) is 3. The number of aromatic nitrogens is 1. The van der Waals surface area contributed by atoms with Crippen LogP contribution in [0.15, 0.2) is 30.5 Å². The first kappa shape index (κ1) is 13.6. The number of likely N-dealkylation sites (tertiary alicyclic amines) is 1. The van der Waals surface area contributed by atoms with Gasteiger partial charge in [0.15, 0.2) is 5.78 Å². The number of carbonyl (C=O) groups excluding carboxylic acids is 1. The minimum atomic E-state index is -1.06. The number of carboxylic acid groups (broad SMARTS) is 1. The summed E-state index contributed by atoms with van der Waals surface area (Å²) in [5, 5.41) is 10.0. The van der Waals surface area contributed by atoms with E-state index in [4.69, 9.17) is 10.8 Å². The van der Waals surface area contributed by atoms with Crippen molar-refractivity contribution in [2.75, 3.05) is 6.54 Å². The van der Waals surface area contributed by atoms with Gasteiger partial charge in [-0.1, -0.05) is 18.2 Å². The van der Waals surface area contributed by atoms with Crippen molar-refractivity contribution >= 4 is 22.8 Å². The van der Waals surface area contributed by atoms with Crippen LogP contribution in [0, 0.1) is 0 Å². The van der Waals surface area contributed by atoms with Gasteiger partial charge in [0.2, 0.25) is 0 Å². The fourth-order valence-corrected chi connectivity index (χ4v) is 2.80. The second kappa shape index (κ2) is 5.21. The van der Waals surface area contributed by atoms with E-state index in [1.807, 2.05) is 30.5 Å². The molecule has 0 spiro atoms. The van der Waals surface area contributed by atoms with Gasteiger partial charge in [-0.2, -0.15) is 0 Å². The third-order valence-corrected chi connectivity index (χ3v) is 4.07. The zero-order valence-electron chi connectivity index (χ0n) is 11.5. The Bertz CT molecular complexity index is 694. The molecule has 6 nitrogen and oxygen atoms in total. The van der Waals surface area contributed by atoms with Crippen molar-refractivity contribution in [3.63, 3.8) is 0 Å². The maximum absolute atomic E-state index is 12.3. The molecule has 2 heterocycles. The van der Waals surface area contributed by atoms with E-state index >= 15 is 0 Å². The van der Waals surface area contributed by atoms with Gasteiger partial charge in [0, 0.05) is 23.6 Å². The molecule has 1 amide bonds. The standard InChI is InChI=1S/C15H17N3O3/c16-11(14(19)13-5-6-18(13)15(20)21)7-9-8-17-12-4-2-1-3-10(9)12/h1-4,8,11,13,17H,5-7,16H2,(H,20,21)/t11-,13?/m0/s1. The minimum absolute atomic E-state index is 0.200. The van der Waals surface area contributed by atoms with Crippen LogP contribution in [-0.2, 0) is 11.2 Å². The van der Waals surface area contributed by atoms with Gasteiger partial charge in [-0.15, -0.1) is 0 Å². The van der Waals surface area contributed by atoms with Crippen molar-refractivity contribution in [1.29, 1.82) is 0 Å². The van der Waals surface area contributed by atoms with Gasteiger partial charge in [-0.25, -0.2) is 4.79 Å². The van der Waals surface area contributed by atoms with Crippen molar-refractivity contribution in [3.8, 4) is 0 Å². The van der Waals surface area contributed by atoms with E-state index in [1.165, 1.54) is 0 Å². The van der Waals surface area contributed by atoms with Crippen LogP contribution in [0.4, 0.5) is 4.79 Å². The van der Waals surface area contributed by atoms with Crippen LogP contribution in [-0.4, -0.2) is 45.5 Å². The molecule has 1 aromatic carbocycles. The first-order valence-electron chi connectivity index (χ1n) is 6.92. The van der Waals surface area contributed by atoms with Crippen LogP contribution in [0.3, 0.4) is 0 Å². The number of Topliss-reactive ketones (excluding diaryl/α,β-unsaturated/α-hetero) is 1. The molecule has 1 aliphatic heterocycles. The Kier molecular flexibility index (Phi) is 3.39. The van der Waals surface area contributed by atoms with Crippen LogP contribution in [0.5, 0.6) is 0 Å². The van der Waals surface area contributed by atoms with E-state index in [-0.39, 0.29) is 5.78 Å². The largest absolute Gasteiger partial charge is 0.465 e. The van der Waals surface area contributed by atoms with Gasteiger partial charge in [0.25, 0.3) is 0 Å². The van der Waals surface area contributed by atoms with Crippen molar-refractivity contribution in [2.45, 2.75) is 24.9 Å². The average Bonchev–Trinajstić information content (AvgIpc) is 2.80. The molecule has 1 aromatic heterocycles. The molecule has 0 aliphatic carbocycles. The number of nitrogens with one attached hydrogen (secondary N) is 1. The Morgan fingerprint density at radius 3 is 2.86 bits per heavy atom. The predicted molar refractivity (Wildman–Crippen MR) is 78.1 cm³/mol. The maximum Gasteiger partial charge on any atom is 0.407 e. The lowest BCUT2D eigenvalue weighted by molar-refractivity contribution is -0.128. The number of aromatic amines is 1. The molecule has 1 fully saturated rings. The molecule has 6 heteroatoms. The summed E-state index contributed by atoms with van der Waals surface area (Å²) in [6, 6.07) is 6.55. The topological polar surface area (TPSA) is 99.4 Å². The Morgan fingerprint density at radius 1 is 1.43 bits per heavy atom. The van der Waals surface area contributed by atoms with E-state index in [9.17, 15) is 9.59 Å². The molecular formula is C15H17N3O3. The zero-order chi connectivity index (χ0) is 15.0. The van der Waals surface area contributed by atoms with Crippen molar-refractivity contribution < 1.29 is 14.7 Å². The third kappa shape index (κ3) is 2.38. The Morgan fingerprint density at radius 2 is 2.19 bits per heavy atom. The summed E-state index contributed by atoms with van der Waals surface area (Å²) in [4.78, 5) is 27.5. The quantitative estimate of drug-likeness (QED) is 0.790. The molecule has 110 valence electrons. The summed E-state index contributed by atoms with van der Waals surface area (Å²) in [5.41, 5.74) is 7.97. The number of carbonyl (C=O) groups is 2. The number of para-hydroxylation sites is 1. The molecule has 3 rings (SSSR count). The van der Waals surface area contributed by atoms with Gasteiger partial charge in [-0.3, -0.25) is 9.69 Å². The van der Waals surface area contributed by atoms with E-state index < -0.39 is 18.2 Å². The number of hydrogen-bond acceptors (Lipinski definition) is 3. The summed E-state index contributed by atoms with van der Waals surface area (Å²) in [7, 11) is 0. The minimum Gasteiger partial charge on any atom is -0.465 e. The molecule has 0 radical (unpaired) electrons. The first-order valence-corrected chi connectivity index (χ1v) is 6.92. The summed E-state index contributed by atoms with van der Waals surface area (Å²) in [6.07, 6.45) is 1.77.